The molecule has 0 saturated carbocycles. The van der Waals surface area contributed by atoms with Gasteiger partial charge in [0.1, 0.15) is 32.0 Å². The van der Waals surface area contributed by atoms with E-state index in [2.05, 4.69) is 0 Å². The number of benzene rings is 1. The fourth-order valence-corrected chi connectivity index (χ4v) is 2.45. The molecular weight excluding hydrogens is 317 g/mol. The smallest absolute Gasteiger partial charge is 0.344 e. The molecular formula is C14H18Cl2NO4+. The third kappa shape index (κ3) is 5.71. The summed E-state index contributed by atoms with van der Waals surface area (Å²) in [5, 5.41) is 0.886. The van der Waals surface area contributed by atoms with Crippen molar-refractivity contribution >= 4 is 29.2 Å². The third-order valence-electron chi connectivity index (χ3n) is 3.16. The van der Waals surface area contributed by atoms with Crippen LogP contribution in [0.4, 0.5) is 0 Å². The lowest BCUT2D eigenvalue weighted by molar-refractivity contribution is -0.908. The minimum atomic E-state index is -0.409. The van der Waals surface area contributed by atoms with E-state index < -0.39 is 5.97 Å². The summed E-state index contributed by atoms with van der Waals surface area (Å²) in [5.41, 5.74) is 0. The van der Waals surface area contributed by atoms with Crippen molar-refractivity contribution in [3.05, 3.63) is 28.2 Å². The van der Waals surface area contributed by atoms with Crippen LogP contribution in [0.25, 0.3) is 0 Å². The fourth-order valence-electron chi connectivity index (χ4n) is 1.99. The standard InChI is InChI=1S/C14H17Cl2NO4/c15-11-1-2-13(12(16)9-11)21-10-14(18)20-8-5-17-3-6-19-7-4-17/h1-2,9H,3-8,10H2/p+1. The molecule has 1 aromatic rings. The molecule has 1 heterocycles. The van der Waals surface area contributed by atoms with Crippen molar-refractivity contribution in [3.63, 3.8) is 0 Å². The summed E-state index contributed by atoms with van der Waals surface area (Å²) in [4.78, 5) is 13.0. The van der Waals surface area contributed by atoms with E-state index >= 15 is 0 Å². The van der Waals surface area contributed by atoms with Crippen LogP contribution in [0, 0.1) is 0 Å². The molecule has 2 rings (SSSR count). The highest BCUT2D eigenvalue weighted by molar-refractivity contribution is 6.35. The largest absolute Gasteiger partial charge is 0.480 e. The predicted molar refractivity (Wildman–Crippen MR) is 79.3 cm³/mol. The Morgan fingerprint density at radius 3 is 2.76 bits per heavy atom. The second-order valence-corrected chi connectivity index (χ2v) is 5.54. The molecule has 7 heteroatoms. The minimum absolute atomic E-state index is 0.167. The molecule has 0 radical (unpaired) electrons. The number of hydrogen-bond acceptors (Lipinski definition) is 4. The molecule has 1 aliphatic rings. The van der Waals surface area contributed by atoms with Crippen LogP contribution in [-0.4, -0.2) is 52.0 Å². The summed E-state index contributed by atoms with van der Waals surface area (Å²) in [5.74, 6) is 0.00509. The van der Waals surface area contributed by atoms with Crippen LogP contribution in [0.15, 0.2) is 18.2 Å². The quantitative estimate of drug-likeness (QED) is 0.783. The first-order valence-electron chi connectivity index (χ1n) is 6.80. The normalized spacial score (nSPS) is 15.7. The van der Waals surface area contributed by atoms with E-state index in [1.165, 1.54) is 4.90 Å². The number of rotatable bonds is 6. The molecule has 1 aromatic carbocycles. The molecule has 0 aromatic heterocycles. The lowest BCUT2D eigenvalue weighted by Gasteiger charge is -2.23. The predicted octanol–water partition coefficient (Wildman–Crippen LogP) is 0.830. The van der Waals surface area contributed by atoms with E-state index in [9.17, 15) is 4.79 Å². The molecule has 1 saturated heterocycles. The van der Waals surface area contributed by atoms with Gasteiger partial charge in [-0.15, -0.1) is 0 Å². The Morgan fingerprint density at radius 2 is 2.05 bits per heavy atom. The number of hydrogen-bond donors (Lipinski definition) is 1. The van der Waals surface area contributed by atoms with E-state index in [0.717, 1.165) is 32.8 Å². The SMILES string of the molecule is O=C(COc1ccc(Cl)cc1Cl)OCC[NH+]1CCOCC1. The second kappa shape index (κ2) is 8.44. The number of carbonyl (C=O) groups is 1. The van der Waals surface area contributed by atoms with Gasteiger partial charge in [-0.2, -0.15) is 0 Å². The zero-order chi connectivity index (χ0) is 15.1. The molecule has 0 aliphatic carbocycles. The van der Waals surface area contributed by atoms with Crippen LogP contribution >= 0.6 is 23.2 Å². The molecule has 1 N–H and O–H groups in total. The lowest BCUT2D eigenvalue weighted by atomic mass is 10.3. The summed E-state index contributed by atoms with van der Waals surface area (Å²) in [6, 6.07) is 4.83. The van der Waals surface area contributed by atoms with E-state index in [1.54, 1.807) is 18.2 Å². The van der Waals surface area contributed by atoms with Crippen molar-refractivity contribution in [2.75, 3.05) is 46.1 Å². The Labute approximate surface area is 133 Å². The van der Waals surface area contributed by atoms with Crippen molar-refractivity contribution in [1.82, 2.24) is 0 Å². The Bertz CT molecular complexity index is 478. The molecule has 116 valence electrons. The highest BCUT2D eigenvalue weighted by atomic mass is 35.5. The van der Waals surface area contributed by atoms with E-state index in [-0.39, 0.29) is 6.61 Å². The summed E-state index contributed by atoms with van der Waals surface area (Å²) in [6.07, 6.45) is 0. The van der Waals surface area contributed by atoms with Gasteiger partial charge in [0.2, 0.25) is 0 Å². The number of halogens is 2. The van der Waals surface area contributed by atoms with Crippen molar-refractivity contribution < 1.29 is 23.9 Å². The maximum atomic E-state index is 11.6. The number of esters is 1. The topological polar surface area (TPSA) is 49.2 Å². The van der Waals surface area contributed by atoms with Gasteiger partial charge >= 0.3 is 5.97 Å². The number of nitrogens with one attached hydrogen (secondary N) is 1. The van der Waals surface area contributed by atoms with E-state index in [4.69, 9.17) is 37.4 Å². The van der Waals surface area contributed by atoms with Gasteiger partial charge in [0, 0.05) is 5.02 Å². The third-order valence-corrected chi connectivity index (χ3v) is 3.69. The highest BCUT2D eigenvalue weighted by Gasteiger charge is 2.14. The maximum Gasteiger partial charge on any atom is 0.344 e. The number of quaternary nitrogens is 1. The first kappa shape index (κ1) is 16.4. The Morgan fingerprint density at radius 1 is 1.29 bits per heavy atom. The van der Waals surface area contributed by atoms with Gasteiger partial charge in [-0.3, -0.25) is 0 Å². The van der Waals surface area contributed by atoms with Gasteiger partial charge in [0.05, 0.1) is 18.2 Å². The molecule has 0 spiro atoms. The van der Waals surface area contributed by atoms with Gasteiger partial charge in [-0.05, 0) is 18.2 Å². The highest BCUT2D eigenvalue weighted by Crippen LogP contribution is 2.27. The van der Waals surface area contributed by atoms with Crippen LogP contribution in [0.3, 0.4) is 0 Å². The Balaban J connectivity index is 1.65. The van der Waals surface area contributed by atoms with Crippen LogP contribution in [-0.2, 0) is 14.3 Å². The molecule has 0 amide bonds. The average Bonchev–Trinajstić information content (AvgIpc) is 2.47. The van der Waals surface area contributed by atoms with Gasteiger partial charge < -0.3 is 19.1 Å². The van der Waals surface area contributed by atoms with Gasteiger partial charge in [-0.25, -0.2) is 4.79 Å². The van der Waals surface area contributed by atoms with Gasteiger partial charge in [0.15, 0.2) is 6.61 Å². The first-order chi connectivity index (χ1) is 10.1. The van der Waals surface area contributed by atoms with Crippen LogP contribution in [0.2, 0.25) is 10.0 Å². The maximum absolute atomic E-state index is 11.6. The molecule has 21 heavy (non-hydrogen) atoms. The second-order valence-electron chi connectivity index (χ2n) is 4.70. The first-order valence-corrected chi connectivity index (χ1v) is 7.55. The fraction of sp³-hybridized carbons (Fsp3) is 0.500. The number of morpholine rings is 1. The Hall–Kier alpha value is -1.01. The van der Waals surface area contributed by atoms with E-state index in [0.29, 0.717) is 22.4 Å². The molecule has 1 aliphatic heterocycles. The monoisotopic (exact) mass is 334 g/mol. The summed E-state index contributed by atoms with van der Waals surface area (Å²) < 4.78 is 15.7. The van der Waals surface area contributed by atoms with Crippen LogP contribution in [0.5, 0.6) is 5.75 Å². The molecule has 0 atom stereocenters. The molecule has 5 nitrogen and oxygen atoms in total. The van der Waals surface area contributed by atoms with E-state index in [1.807, 2.05) is 0 Å². The van der Waals surface area contributed by atoms with Crippen molar-refractivity contribution in [2.24, 2.45) is 0 Å². The minimum Gasteiger partial charge on any atom is -0.480 e. The number of carbonyl (C=O) groups excluding carboxylic acids is 1. The van der Waals surface area contributed by atoms with Gasteiger partial charge in [-0.1, -0.05) is 23.2 Å². The zero-order valence-corrected chi connectivity index (χ0v) is 13.1. The Kier molecular flexibility index (Phi) is 6.57. The van der Waals surface area contributed by atoms with Crippen molar-refractivity contribution in [1.29, 1.82) is 0 Å². The van der Waals surface area contributed by atoms with Gasteiger partial charge in [0.25, 0.3) is 0 Å². The van der Waals surface area contributed by atoms with Crippen molar-refractivity contribution in [2.45, 2.75) is 0 Å². The molecule has 1 fully saturated rings. The summed E-state index contributed by atoms with van der Waals surface area (Å²) in [7, 11) is 0. The van der Waals surface area contributed by atoms with Crippen molar-refractivity contribution in [3.8, 4) is 5.75 Å². The number of ether oxygens (including phenoxy) is 3. The lowest BCUT2D eigenvalue weighted by Crippen LogP contribution is -3.14. The summed E-state index contributed by atoms with van der Waals surface area (Å²) in [6.45, 7) is 4.44. The molecule has 0 bridgehead atoms. The zero-order valence-electron chi connectivity index (χ0n) is 11.6. The molecule has 0 unspecified atom stereocenters. The van der Waals surface area contributed by atoms with Crippen LogP contribution in [0.1, 0.15) is 0 Å². The average molecular weight is 335 g/mol. The van der Waals surface area contributed by atoms with Crippen LogP contribution < -0.4 is 9.64 Å². The summed E-state index contributed by atoms with van der Waals surface area (Å²) >= 11 is 11.7.